The van der Waals surface area contributed by atoms with E-state index in [1.165, 1.54) is 154 Å². The second-order valence-corrected chi connectivity index (χ2v) is 28.8. The largest absolute Gasteiger partial charge is 0.309 e. The molecule has 12 heteroatoms. The summed E-state index contributed by atoms with van der Waals surface area (Å²) in [7, 11) is 0. The number of nitrogens with zero attached hydrogens (tertiary/aromatic N) is 12. The monoisotopic (exact) mass is 1460 g/mol. The summed E-state index contributed by atoms with van der Waals surface area (Å²) in [6, 6.07) is 122. The zero-order chi connectivity index (χ0) is 75.2. The molecule has 0 aliphatic carbocycles. The highest BCUT2D eigenvalue weighted by Crippen LogP contribution is 2.43. The summed E-state index contributed by atoms with van der Waals surface area (Å²) in [6.07, 6.45) is 17.9. The minimum absolute atomic E-state index is 0.950. The minimum atomic E-state index is 0.950. The fourth-order valence-corrected chi connectivity index (χ4v) is 17.5. The fraction of sp³-hybridized carbons (Fsp3) is 0. The second-order valence-electron chi connectivity index (χ2n) is 28.8. The van der Waals surface area contributed by atoms with Crippen molar-refractivity contribution in [3.05, 3.63) is 402 Å². The topological polar surface area (TPSA) is 107 Å². The van der Waals surface area contributed by atoms with Gasteiger partial charge in [0.15, 0.2) is 0 Å². The summed E-state index contributed by atoms with van der Waals surface area (Å²) < 4.78 is 13.8. The van der Waals surface area contributed by atoms with Crippen LogP contribution in [0.2, 0.25) is 0 Å². The molecule has 0 aliphatic rings. The van der Waals surface area contributed by atoms with Crippen LogP contribution in [0.15, 0.2) is 402 Å². The molecule has 0 bridgehead atoms. The van der Waals surface area contributed by atoms with Crippen LogP contribution in [-0.4, -0.2) is 57.3 Å². The number of hydrogen-bond acceptors (Lipinski definition) is 6. The van der Waals surface area contributed by atoms with E-state index in [0.29, 0.717) is 0 Å². The molecular formula is C102H66N12. The number of fused-ring (bicyclic) bond motifs is 18. The lowest BCUT2D eigenvalue weighted by atomic mass is 10.0. The third-order valence-electron chi connectivity index (χ3n) is 22.5. The van der Waals surface area contributed by atoms with Gasteiger partial charge in [-0.3, -0.25) is 9.97 Å². The van der Waals surface area contributed by atoms with E-state index in [2.05, 4.69) is 397 Å². The van der Waals surface area contributed by atoms with Gasteiger partial charge in [0.2, 0.25) is 0 Å². The summed E-state index contributed by atoms with van der Waals surface area (Å²) >= 11 is 0. The van der Waals surface area contributed by atoms with E-state index >= 15 is 0 Å². The molecule has 24 rings (SSSR count). The third kappa shape index (κ3) is 10.8. The van der Waals surface area contributed by atoms with Crippen LogP contribution in [0.1, 0.15) is 0 Å². The van der Waals surface area contributed by atoms with Crippen molar-refractivity contribution in [2.45, 2.75) is 0 Å². The van der Waals surface area contributed by atoms with Gasteiger partial charge in [0.1, 0.15) is 12.7 Å². The Labute approximate surface area is 653 Å². The molecule has 0 radical (unpaired) electrons. The molecule has 0 atom stereocenters. The lowest BCUT2D eigenvalue weighted by molar-refractivity contribution is 1.07. The van der Waals surface area contributed by atoms with Gasteiger partial charge < -0.3 is 27.4 Å². The molecule has 0 spiro atoms. The minimum Gasteiger partial charge on any atom is -0.309 e. The molecule has 0 saturated heterocycles. The molecule has 0 amide bonds. The Hall–Kier alpha value is -15.7. The van der Waals surface area contributed by atoms with Crippen molar-refractivity contribution in [1.82, 2.24) is 57.3 Å². The smallest absolute Gasteiger partial charge is 0.115 e. The third-order valence-corrected chi connectivity index (χ3v) is 22.5. The van der Waals surface area contributed by atoms with E-state index in [0.717, 1.165) is 44.8 Å². The Morgan fingerprint density at radius 2 is 0.325 bits per heavy atom. The number of pyridine rings is 2. The number of benzene rings is 14. The quantitative estimate of drug-likeness (QED) is 0.142. The standard InChI is InChI=1S/C36H24N2.C34H22N4.C32H20N6/c1-3-11-27(12-4-1)37-33-17-9-7-15-29(33)31-23-25(19-21-35(31)37)26-20-22-36-32(24-26)30-16-8-10-18-34(30)38(36)28-13-5-2-6-14-28;1-3-7-31-27(5-1)29-21-23(9-11-33(29)37(31)25-13-17-35-18-14-25)24-10-12-34-30(22-24)28-6-2-4-8-32(28)38(34)26-15-19-36-20-16-26;1-3-7-29-25(5-1)27-13-21(9-11-31(27)37(29)23-15-33-19-34-16-23)22-10-12-32-28(14-22)26-6-2-4-8-30(26)38(32)24-17-35-20-36-18-24/h1-24H;1-22H;1-20H. The van der Waals surface area contributed by atoms with E-state index in [4.69, 9.17) is 0 Å². The Bertz CT molecular complexity index is 6630. The molecule has 10 heterocycles. The number of aromatic nitrogens is 12. The Morgan fingerprint density at radius 3 is 0.553 bits per heavy atom. The van der Waals surface area contributed by atoms with Crippen LogP contribution in [-0.2, 0) is 0 Å². The Kier molecular flexibility index (Phi) is 15.6. The van der Waals surface area contributed by atoms with Crippen LogP contribution in [0.4, 0.5) is 0 Å². The highest BCUT2D eigenvalue weighted by Gasteiger charge is 2.22. The van der Waals surface area contributed by atoms with Crippen LogP contribution in [0.5, 0.6) is 0 Å². The predicted octanol–water partition coefficient (Wildman–Crippen LogP) is 25.0. The second kappa shape index (κ2) is 27.2. The first-order valence-corrected chi connectivity index (χ1v) is 38.2. The van der Waals surface area contributed by atoms with Crippen LogP contribution in [0.25, 0.3) is 198 Å². The van der Waals surface area contributed by atoms with Crippen molar-refractivity contribution in [3.63, 3.8) is 0 Å². The van der Waals surface area contributed by atoms with E-state index in [9.17, 15) is 0 Å². The first kappa shape index (κ1) is 65.4. The van der Waals surface area contributed by atoms with Gasteiger partial charge in [-0.1, -0.05) is 182 Å². The zero-order valence-corrected chi connectivity index (χ0v) is 61.5. The van der Waals surface area contributed by atoms with Gasteiger partial charge in [-0.2, -0.15) is 0 Å². The Morgan fingerprint density at radius 1 is 0.140 bits per heavy atom. The summed E-state index contributed by atoms with van der Waals surface area (Å²) in [4.78, 5) is 25.5. The van der Waals surface area contributed by atoms with Crippen molar-refractivity contribution in [1.29, 1.82) is 0 Å². The summed E-state index contributed by atoms with van der Waals surface area (Å²) in [6.45, 7) is 0. The van der Waals surface area contributed by atoms with E-state index in [-0.39, 0.29) is 0 Å². The van der Waals surface area contributed by atoms with Crippen molar-refractivity contribution < 1.29 is 0 Å². The average Bonchev–Trinajstić information content (AvgIpc) is 1.60. The molecule has 12 nitrogen and oxygen atoms in total. The van der Waals surface area contributed by atoms with Gasteiger partial charge in [-0.15, -0.1) is 0 Å². The van der Waals surface area contributed by atoms with Crippen LogP contribution in [0.3, 0.4) is 0 Å². The van der Waals surface area contributed by atoms with Gasteiger partial charge in [-0.25, -0.2) is 19.9 Å². The zero-order valence-electron chi connectivity index (χ0n) is 61.5. The lowest BCUT2D eigenvalue weighted by Crippen LogP contribution is -1.95. The van der Waals surface area contributed by atoms with Crippen LogP contribution in [0, 0.1) is 0 Å². The lowest BCUT2D eigenvalue weighted by Gasteiger charge is -2.09. The first-order chi connectivity index (χ1) is 56.6. The molecule has 0 fully saturated rings. The average molecular weight is 1460 g/mol. The Balaban J connectivity index is 0.000000104. The van der Waals surface area contributed by atoms with Crippen molar-refractivity contribution in [2.24, 2.45) is 0 Å². The van der Waals surface area contributed by atoms with Gasteiger partial charge in [0.25, 0.3) is 0 Å². The molecule has 0 saturated carbocycles. The molecule has 0 unspecified atom stereocenters. The summed E-state index contributed by atoms with van der Waals surface area (Å²) in [5.41, 5.74) is 27.9. The molecule has 0 aliphatic heterocycles. The van der Waals surface area contributed by atoms with E-state index in [1.54, 1.807) is 12.7 Å². The fourth-order valence-electron chi connectivity index (χ4n) is 17.5. The maximum atomic E-state index is 4.26. The van der Waals surface area contributed by atoms with Crippen LogP contribution < -0.4 is 0 Å². The highest BCUT2D eigenvalue weighted by atomic mass is 15.0. The molecule has 534 valence electrons. The molecule has 114 heavy (non-hydrogen) atoms. The van der Waals surface area contributed by atoms with Gasteiger partial charge >= 0.3 is 0 Å². The van der Waals surface area contributed by atoms with E-state index < -0.39 is 0 Å². The van der Waals surface area contributed by atoms with Crippen molar-refractivity contribution >= 4 is 131 Å². The normalized spacial score (nSPS) is 11.7. The molecule has 10 aromatic heterocycles. The predicted molar refractivity (Wildman–Crippen MR) is 468 cm³/mol. The maximum Gasteiger partial charge on any atom is 0.115 e. The number of rotatable bonds is 9. The molecular weight excluding hydrogens is 1390 g/mol. The first-order valence-electron chi connectivity index (χ1n) is 38.2. The van der Waals surface area contributed by atoms with Crippen LogP contribution >= 0.6 is 0 Å². The van der Waals surface area contributed by atoms with Crippen molar-refractivity contribution in [3.8, 4) is 67.5 Å². The van der Waals surface area contributed by atoms with Gasteiger partial charge in [0, 0.05) is 112 Å². The molecule has 14 aromatic carbocycles. The summed E-state index contributed by atoms with van der Waals surface area (Å²) in [5.74, 6) is 0. The maximum absolute atomic E-state index is 4.26. The number of para-hydroxylation sites is 8. The molecule has 24 aromatic rings. The number of hydrogen-bond donors (Lipinski definition) is 0. The highest BCUT2D eigenvalue weighted by molar-refractivity contribution is 6.17. The summed E-state index contributed by atoms with van der Waals surface area (Å²) in [5, 5.41) is 14.9. The van der Waals surface area contributed by atoms with Gasteiger partial charge in [0.05, 0.1) is 102 Å². The van der Waals surface area contributed by atoms with E-state index in [1.807, 2.05) is 49.6 Å². The van der Waals surface area contributed by atoms with Crippen molar-refractivity contribution in [2.75, 3.05) is 0 Å². The molecule has 0 N–H and O–H groups in total. The van der Waals surface area contributed by atoms with Gasteiger partial charge in [-0.05, 0) is 191 Å². The SMILES string of the molecule is c1ccc(-n2c3ccccc3c3cc(-c4ccc5c(c4)c4ccccc4n5-c4ccccc4)ccc32)cc1.c1ccc2c(c1)c1cc(-c3ccc4c(c3)c3ccccc3n4-c3ccncc3)ccc1n2-c1ccncc1.c1ccc2c(c1)c1cc(-c3ccc4c(c3)c3ccccc3n4-c3cncnc3)ccc1n2-c1cncnc1.